The normalized spacial score (nSPS) is 9.43. The number of hydrogen-bond acceptors (Lipinski definition) is 3. The smallest absolute Gasteiger partial charge is 0.336 e. The Hall–Kier alpha value is -2.17. The van der Waals surface area contributed by atoms with Crippen molar-refractivity contribution in [2.45, 2.75) is 0 Å². The summed E-state index contributed by atoms with van der Waals surface area (Å²) < 4.78 is 0. The van der Waals surface area contributed by atoms with Crippen LogP contribution in [0.1, 0.15) is 20.7 Å². The predicted molar refractivity (Wildman–Crippen MR) is 46.9 cm³/mol. The monoisotopic (exact) mass is 193 g/mol. The Morgan fingerprint density at radius 1 is 1.07 bits per heavy atom. The van der Waals surface area contributed by atoms with Crippen LogP contribution in [0.2, 0.25) is 0 Å². The first-order valence-electron chi connectivity index (χ1n) is 3.70. The maximum atomic E-state index is 11.1. The van der Waals surface area contributed by atoms with Crippen molar-refractivity contribution in [3.8, 4) is 0 Å². The van der Waals surface area contributed by atoms with E-state index in [1.165, 1.54) is 24.3 Å². The molecule has 1 rings (SSSR count). The molecular formula is C9H7NO4. The SMILES string of the molecule is NC(=O)C(=O)c1ccccc1C(=O)O. The largest absolute Gasteiger partial charge is 0.478 e. The second-order valence-electron chi connectivity index (χ2n) is 2.54. The molecule has 72 valence electrons. The van der Waals surface area contributed by atoms with Gasteiger partial charge in [0.1, 0.15) is 0 Å². The van der Waals surface area contributed by atoms with E-state index in [-0.39, 0.29) is 11.1 Å². The molecule has 0 radical (unpaired) electrons. The van der Waals surface area contributed by atoms with Gasteiger partial charge in [-0.1, -0.05) is 12.1 Å². The van der Waals surface area contributed by atoms with Gasteiger partial charge in [-0.25, -0.2) is 4.79 Å². The molecule has 0 aliphatic carbocycles. The second-order valence-corrected chi connectivity index (χ2v) is 2.54. The van der Waals surface area contributed by atoms with Crippen LogP contribution in [-0.4, -0.2) is 22.8 Å². The second kappa shape index (κ2) is 3.69. The number of carboxylic acids is 1. The number of hydrogen-bond donors (Lipinski definition) is 2. The van der Waals surface area contributed by atoms with Gasteiger partial charge in [-0.2, -0.15) is 0 Å². The molecule has 5 heteroatoms. The Bertz CT molecular complexity index is 411. The molecule has 0 aliphatic rings. The van der Waals surface area contributed by atoms with Gasteiger partial charge in [0.2, 0.25) is 0 Å². The average Bonchev–Trinajstić information content (AvgIpc) is 2.16. The maximum absolute atomic E-state index is 11.1. The van der Waals surface area contributed by atoms with Gasteiger partial charge in [0, 0.05) is 5.56 Å². The van der Waals surface area contributed by atoms with Gasteiger partial charge >= 0.3 is 5.97 Å². The molecule has 3 N–H and O–H groups in total. The first kappa shape index (κ1) is 9.91. The molecule has 0 aromatic heterocycles. The van der Waals surface area contributed by atoms with Gasteiger partial charge < -0.3 is 10.8 Å². The highest BCUT2D eigenvalue weighted by Gasteiger charge is 2.19. The predicted octanol–water partition coefficient (Wildman–Crippen LogP) is 0.0528. The maximum Gasteiger partial charge on any atom is 0.336 e. The highest BCUT2D eigenvalue weighted by molar-refractivity contribution is 6.43. The van der Waals surface area contributed by atoms with Crippen LogP contribution >= 0.6 is 0 Å². The molecule has 1 amide bonds. The molecule has 0 spiro atoms. The average molecular weight is 193 g/mol. The van der Waals surface area contributed by atoms with E-state index in [2.05, 4.69) is 0 Å². The molecule has 5 nitrogen and oxygen atoms in total. The molecule has 1 aromatic carbocycles. The van der Waals surface area contributed by atoms with Crippen molar-refractivity contribution in [3.05, 3.63) is 35.4 Å². The summed E-state index contributed by atoms with van der Waals surface area (Å²) in [5, 5.41) is 8.69. The van der Waals surface area contributed by atoms with Gasteiger partial charge in [0.15, 0.2) is 0 Å². The Morgan fingerprint density at radius 3 is 2.00 bits per heavy atom. The minimum atomic E-state index is -1.27. The molecule has 14 heavy (non-hydrogen) atoms. The fourth-order valence-electron chi connectivity index (χ4n) is 1.00. The number of rotatable bonds is 3. The van der Waals surface area contributed by atoms with Gasteiger partial charge in [-0.3, -0.25) is 9.59 Å². The summed E-state index contributed by atoms with van der Waals surface area (Å²) in [7, 11) is 0. The summed E-state index contributed by atoms with van der Waals surface area (Å²) >= 11 is 0. The summed E-state index contributed by atoms with van der Waals surface area (Å²) in [4.78, 5) is 32.3. The summed E-state index contributed by atoms with van der Waals surface area (Å²) in [6.07, 6.45) is 0. The first-order valence-corrected chi connectivity index (χ1v) is 3.70. The molecule has 0 atom stereocenters. The number of carbonyl (C=O) groups is 3. The Kier molecular flexibility index (Phi) is 2.62. The molecule has 0 saturated carbocycles. The van der Waals surface area contributed by atoms with E-state index in [1.54, 1.807) is 0 Å². The van der Waals surface area contributed by atoms with E-state index >= 15 is 0 Å². The van der Waals surface area contributed by atoms with Crippen molar-refractivity contribution in [2.75, 3.05) is 0 Å². The van der Waals surface area contributed by atoms with Crippen LogP contribution in [0.3, 0.4) is 0 Å². The van der Waals surface area contributed by atoms with E-state index in [0.29, 0.717) is 0 Å². The quantitative estimate of drug-likeness (QED) is 0.523. The van der Waals surface area contributed by atoms with E-state index in [4.69, 9.17) is 10.8 Å². The van der Waals surface area contributed by atoms with Crippen LogP contribution in [0.15, 0.2) is 24.3 Å². The highest BCUT2D eigenvalue weighted by atomic mass is 16.4. The van der Waals surface area contributed by atoms with Crippen molar-refractivity contribution >= 4 is 17.7 Å². The van der Waals surface area contributed by atoms with Crippen molar-refractivity contribution in [3.63, 3.8) is 0 Å². The van der Waals surface area contributed by atoms with E-state index in [0.717, 1.165) is 0 Å². The number of amides is 1. The molecule has 0 saturated heterocycles. The molecule has 1 aromatic rings. The van der Waals surface area contributed by atoms with Gasteiger partial charge in [-0.05, 0) is 12.1 Å². The molecule has 0 unspecified atom stereocenters. The lowest BCUT2D eigenvalue weighted by molar-refractivity contribution is -0.114. The lowest BCUT2D eigenvalue weighted by Crippen LogP contribution is -2.24. The van der Waals surface area contributed by atoms with Gasteiger partial charge in [0.05, 0.1) is 5.56 Å². The van der Waals surface area contributed by atoms with Gasteiger partial charge in [0.25, 0.3) is 11.7 Å². The van der Waals surface area contributed by atoms with Crippen molar-refractivity contribution < 1.29 is 19.5 Å². The molecule has 0 bridgehead atoms. The first-order chi connectivity index (χ1) is 6.54. The number of nitrogens with two attached hydrogens (primary N) is 1. The van der Waals surface area contributed by atoms with E-state index < -0.39 is 17.7 Å². The van der Waals surface area contributed by atoms with Crippen LogP contribution in [0, 0.1) is 0 Å². The fraction of sp³-hybridized carbons (Fsp3) is 0. The molecular weight excluding hydrogens is 186 g/mol. The lowest BCUT2D eigenvalue weighted by Gasteiger charge is -2.00. The Balaban J connectivity index is 3.27. The minimum Gasteiger partial charge on any atom is -0.478 e. The number of aromatic carboxylic acids is 1. The number of primary amides is 1. The van der Waals surface area contributed by atoms with Crippen LogP contribution in [0.5, 0.6) is 0 Å². The van der Waals surface area contributed by atoms with Crippen molar-refractivity contribution in [2.24, 2.45) is 5.73 Å². The zero-order chi connectivity index (χ0) is 10.7. The number of ketones is 1. The van der Waals surface area contributed by atoms with Crippen LogP contribution in [-0.2, 0) is 4.79 Å². The standard InChI is InChI=1S/C9H7NO4/c10-8(12)7(11)5-3-1-2-4-6(5)9(13)14/h1-4H,(H2,10,12)(H,13,14). The van der Waals surface area contributed by atoms with E-state index in [9.17, 15) is 14.4 Å². The Morgan fingerprint density at radius 2 is 1.57 bits per heavy atom. The third-order valence-electron chi connectivity index (χ3n) is 1.63. The minimum absolute atomic E-state index is 0.187. The summed E-state index contributed by atoms with van der Waals surface area (Å²) in [5.41, 5.74) is 4.34. The fourth-order valence-corrected chi connectivity index (χ4v) is 1.00. The summed E-state index contributed by atoms with van der Waals surface area (Å²) in [5.74, 6) is -3.43. The number of carboxylic acid groups (broad SMARTS) is 1. The summed E-state index contributed by atoms with van der Waals surface area (Å²) in [6.45, 7) is 0. The zero-order valence-electron chi connectivity index (χ0n) is 7.06. The van der Waals surface area contributed by atoms with Crippen LogP contribution in [0.25, 0.3) is 0 Å². The third kappa shape index (κ3) is 1.77. The topological polar surface area (TPSA) is 97.5 Å². The van der Waals surface area contributed by atoms with Crippen molar-refractivity contribution in [1.29, 1.82) is 0 Å². The molecule has 0 aliphatic heterocycles. The number of Topliss-reactive ketones (excluding diaryl/α,β-unsaturated/α-hetero) is 1. The highest BCUT2D eigenvalue weighted by Crippen LogP contribution is 2.09. The molecule has 0 fully saturated rings. The zero-order valence-corrected chi connectivity index (χ0v) is 7.06. The van der Waals surface area contributed by atoms with Crippen molar-refractivity contribution in [1.82, 2.24) is 0 Å². The lowest BCUT2D eigenvalue weighted by atomic mass is 10.0. The van der Waals surface area contributed by atoms with E-state index in [1.807, 2.05) is 0 Å². The van der Waals surface area contributed by atoms with Gasteiger partial charge in [-0.15, -0.1) is 0 Å². The number of benzene rings is 1. The molecule has 0 heterocycles. The third-order valence-corrected chi connectivity index (χ3v) is 1.63. The van der Waals surface area contributed by atoms with Crippen LogP contribution < -0.4 is 5.73 Å². The summed E-state index contributed by atoms with van der Waals surface area (Å²) in [6, 6.07) is 5.40. The Labute approximate surface area is 79.1 Å². The van der Waals surface area contributed by atoms with Crippen LogP contribution in [0.4, 0.5) is 0 Å². The number of carbonyl (C=O) groups excluding carboxylic acids is 2.